The number of esters is 1. The Hall–Kier alpha value is -1.19. The third kappa shape index (κ3) is 8.60. The van der Waals surface area contributed by atoms with Crippen molar-refractivity contribution in [3.05, 3.63) is 24.3 Å². The summed E-state index contributed by atoms with van der Waals surface area (Å²) in [7, 11) is -2.21. The highest BCUT2D eigenvalue weighted by molar-refractivity contribution is 7.99. The van der Waals surface area contributed by atoms with Crippen LogP contribution in [0.5, 0.6) is 0 Å². The predicted molar refractivity (Wildman–Crippen MR) is 120 cm³/mol. The van der Waals surface area contributed by atoms with E-state index in [-0.39, 0.29) is 12.4 Å². The van der Waals surface area contributed by atoms with Crippen molar-refractivity contribution in [3.63, 3.8) is 0 Å². The fraction of sp³-hybridized carbons (Fsp3) is 0.600. The maximum absolute atomic E-state index is 12.6. The summed E-state index contributed by atoms with van der Waals surface area (Å²) in [5, 5.41) is 0.0180. The summed E-state index contributed by atoms with van der Waals surface area (Å²) >= 11 is 1.17. The first kappa shape index (κ1) is 24.1. The van der Waals surface area contributed by atoms with Crippen molar-refractivity contribution in [3.8, 4) is 0 Å². The smallest absolute Gasteiger partial charge is 0.316 e. The summed E-state index contributed by atoms with van der Waals surface area (Å²) in [6.45, 7) is 4.11. The Balaban J connectivity index is 1.84. The standard InChI is InChI=1S/C20H29NO5S3/c1-3-5-11-28(23)15-16(29(24)12-6-4-2)13-25-19(22)14-27-20-21-17-9-7-8-10-18(17)26-20/h7-10,16H,3-6,11-15H2,1-2H3. The minimum absolute atomic E-state index is 0.0289. The number of carbonyl (C=O) groups is 1. The van der Waals surface area contributed by atoms with Crippen molar-refractivity contribution >= 4 is 50.4 Å². The van der Waals surface area contributed by atoms with Crippen LogP contribution in [-0.2, 0) is 31.1 Å². The molecule has 1 aromatic carbocycles. The molecule has 0 saturated carbocycles. The van der Waals surface area contributed by atoms with Crippen molar-refractivity contribution in [1.82, 2.24) is 4.98 Å². The van der Waals surface area contributed by atoms with Gasteiger partial charge in [0.25, 0.3) is 5.22 Å². The van der Waals surface area contributed by atoms with E-state index in [1.807, 2.05) is 38.1 Å². The molecule has 0 aliphatic heterocycles. The van der Waals surface area contributed by atoms with Crippen LogP contribution < -0.4 is 0 Å². The number of hydrogen-bond donors (Lipinski definition) is 0. The normalized spacial score (nSPS) is 14.6. The van der Waals surface area contributed by atoms with Crippen LogP contribution in [0, 0.1) is 0 Å². The Labute approximate surface area is 181 Å². The molecular formula is C20H29NO5S3. The molecule has 0 radical (unpaired) electrons. The van der Waals surface area contributed by atoms with Crippen LogP contribution in [0.2, 0.25) is 0 Å². The number of unbranched alkanes of at least 4 members (excludes halogenated alkanes) is 2. The molecule has 2 aromatic rings. The van der Waals surface area contributed by atoms with E-state index in [1.54, 1.807) is 0 Å². The molecule has 9 heteroatoms. The van der Waals surface area contributed by atoms with Gasteiger partial charge in [-0.2, -0.15) is 0 Å². The number of rotatable bonds is 14. The van der Waals surface area contributed by atoms with Crippen LogP contribution in [0.15, 0.2) is 33.9 Å². The highest BCUT2D eigenvalue weighted by Crippen LogP contribution is 2.23. The Morgan fingerprint density at radius 2 is 1.90 bits per heavy atom. The molecule has 0 bridgehead atoms. The number of fused-ring (bicyclic) bond motifs is 1. The first-order valence-corrected chi connectivity index (χ1v) is 13.7. The molecule has 0 aliphatic carbocycles. The number of para-hydroxylation sites is 2. The first-order valence-electron chi connectivity index (χ1n) is 9.89. The van der Waals surface area contributed by atoms with E-state index in [1.165, 1.54) is 11.8 Å². The van der Waals surface area contributed by atoms with E-state index in [0.717, 1.165) is 31.2 Å². The molecule has 3 atom stereocenters. The van der Waals surface area contributed by atoms with Crippen LogP contribution in [0.3, 0.4) is 0 Å². The quantitative estimate of drug-likeness (QED) is 0.312. The maximum Gasteiger partial charge on any atom is 0.316 e. The van der Waals surface area contributed by atoms with Gasteiger partial charge in [0.2, 0.25) is 0 Å². The van der Waals surface area contributed by atoms with E-state index < -0.39 is 32.8 Å². The molecule has 3 unspecified atom stereocenters. The van der Waals surface area contributed by atoms with Crippen LogP contribution in [-0.4, -0.2) is 54.2 Å². The molecule has 1 heterocycles. The van der Waals surface area contributed by atoms with E-state index in [4.69, 9.17) is 9.15 Å². The molecule has 0 aliphatic rings. The average molecular weight is 460 g/mol. The SMILES string of the molecule is CCCCS(=O)CC(COC(=O)CSc1nc2ccccc2o1)S(=O)CCCC. The van der Waals surface area contributed by atoms with E-state index in [2.05, 4.69) is 4.98 Å². The summed E-state index contributed by atoms with van der Waals surface area (Å²) in [4.78, 5) is 16.5. The van der Waals surface area contributed by atoms with E-state index in [0.29, 0.717) is 28.1 Å². The van der Waals surface area contributed by atoms with Crippen LogP contribution in [0.1, 0.15) is 39.5 Å². The lowest BCUT2D eigenvalue weighted by Crippen LogP contribution is -2.31. The number of ether oxygens (including phenoxy) is 1. The van der Waals surface area contributed by atoms with Crippen molar-refractivity contribution in [1.29, 1.82) is 0 Å². The zero-order valence-corrected chi connectivity index (χ0v) is 19.4. The summed E-state index contributed by atoms with van der Waals surface area (Å²) < 4.78 is 35.7. The largest absolute Gasteiger partial charge is 0.464 e. The monoisotopic (exact) mass is 459 g/mol. The van der Waals surface area contributed by atoms with E-state index in [9.17, 15) is 13.2 Å². The zero-order chi connectivity index (χ0) is 21.1. The molecule has 0 saturated heterocycles. The van der Waals surface area contributed by atoms with Gasteiger partial charge in [-0.1, -0.05) is 50.6 Å². The summed E-state index contributed by atoms with van der Waals surface area (Å²) in [6.07, 6.45) is 3.63. The zero-order valence-electron chi connectivity index (χ0n) is 17.0. The lowest BCUT2D eigenvalue weighted by atomic mass is 10.3. The second-order valence-electron chi connectivity index (χ2n) is 6.64. The number of hydrogen-bond acceptors (Lipinski definition) is 7. The van der Waals surface area contributed by atoms with Gasteiger partial charge >= 0.3 is 5.97 Å². The maximum atomic E-state index is 12.6. The van der Waals surface area contributed by atoms with Crippen LogP contribution in [0.25, 0.3) is 11.1 Å². The second kappa shape index (κ2) is 13.2. The molecule has 162 valence electrons. The van der Waals surface area contributed by atoms with Gasteiger partial charge < -0.3 is 9.15 Å². The van der Waals surface area contributed by atoms with Gasteiger partial charge in [-0.25, -0.2) is 4.98 Å². The Morgan fingerprint density at radius 3 is 2.62 bits per heavy atom. The summed E-state index contributed by atoms with van der Waals surface area (Å²) in [5.74, 6) is 1.08. The fourth-order valence-electron chi connectivity index (χ4n) is 2.51. The van der Waals surface area contributed by atoms with Gasteiger partial charge in [0, 0.05) is 38.9 Å². The molecular weight excluding hydrogens is 430 g/mol. The fourth-order valence-corrected chi connectivity index (χ4v) is 6.62. The molecule has 0 spiro atoms. The van der Waals surface area contributed by atoms with E-state index >= 15 is 0 Å². The molecule has 0 fully saturated rings. The molecule has 6 nitrogen and oxygen atoms in total. The molecule has 0 amide bonds. The Kier molecular flexibility index (Phi) is 10.9. The first-order chi connectivity index (χ1) is 14.0. The van der Waals surface area contributed by atoms with Crippen molar-refractivity contribution in [2.75, 3.05) is 29.6 Å². The molecule has 2 rings (SSSR count). The van der Waals surface area contributed by atoms with Gasteiger partial charge in [0.1, 0.15) is 17.9 Å². The highest BCUT2D eigenvalue weighted by Gasteiger charge is 2.22. The highest BCUT2D eigenvalue weighted by atomic mass is 32.2. The number of benzene rings is 1. The lowest BCUT2D eigenvalue weighted by Gasteiger charge is -2.16. The second-order valence-corrected chi connectivity index (χ2v) is 11.0. The topological polar surface area (TPSA) is 86.5 Å². The minimum atomic E-state index is -1.16. The molecule has 29 heavy (non-hydrogen) atoms. The summed E-state index contributed by atoms with van der Waals surface area (Å²) in [6, 6.07) is 7.39. The van der Waals surface area contributed by atoms with Gasteiger partial charge in [-0.15, -0.1) is 0 Å². The number of carbonyl (C=O) groups excluding carboxylic acids is 1. The van der Waals surface area contributed by atoms with Gasteiger partial charge in [-0.05, 0) is 25.0 Å². The van der Waals surface area contributed by atoms with Crippen molar-refractivity contribution in [2.45, 2.75) is 50.0 Å². The number of oxazole rings is 1. The van der Waals surface area contributed by atoms with Gasteiger partial charge in [-0.3, -0.25) is 13.2 Å². The Bertz CT molecular complexity index is 790. The third-order valence-electron chi connectivity index (χ3n) is 4.19. The average Bonchev–Trinajstić information content (AvgIpc) is 3.14. The number of thioether (sulfide) groups is 1. The Morgan fingerprint density at radius 1 is 1.17 bits per heavy atom. The molecule has 1 aromatic heterocycles. The minimum Gasteiger partial charge on any atom is -0.464 e. The van der Waals surface area contributed by atoms with Crippen LogP contribution >= 0.6 is 11.8 Å². The predicted octanol–water partition coefficient (Wildman–Crippen LogP) is 3.93. The van der Waals surface area contributed by atoms with Crippen molar-refractivity contribution in [2.24, 2.45) is 0 Å². The van der Waals surface area contributed by atoms with Gasteiger partial charge in [0.15, 0.2) is 5.58 Å². The third-order valence-corrected chi connectivity index (χ3v) is 8.45. The molecule has 0 N–H and O–H groups in total. The number of aromatic nitrogens is 1. The lowest BCUT2D eigenvalue weighted by molar-refractivity contribution is -0.140. The van der Waals surface area contributed by atoms with Gasteiger partial charge in [0.05, 0.1) is 5.25 Å². The van der Waals surface area contributed by atoms with Crippen molar-refractivity contribution < 1.29 is 22.4 Å². The summed E-state index contributed by atoms with van der Waals surface area (Å²) in [5.41, 5.74) is 1.41. The number of nitrogens with zero attached hydrogens (tertiary/aromatic N) is 1. The van der Waals surface area contributed by atoms with Crippen LogP contribution in [0.4, 0.5) is 0 Å².